The highest BCUT2D eigenvalue weighted by atomic mass is 32.2. The number of rotatable bonds is 8. The monoisotopic (exact) mass is 492 g/mol. The van der Waals surface area contributed by atoms with Crippen LogP contribution in [0.15, 0.2) is 41.2 Å². The number of amides is 3. The lowest BCUT2D eigenvalue weighted by Crippen LogP contribution is -2.69. The van der Waals surface area contributed by atoms with Gasteiger partial charge in [0, 0.05) is 24.3 Å². The van der Waals surface area contributed by atoms with Crippen LogP contribution in [-0.4, -0.2) is 75.9 Å². The summed E-state index contributed by atoms with van der Waals surface area (Å²) < 4.78 is 9.67. The summed E-state index contributed by atoms with van der Waals surface area (Å²) in [6.07, 6.45) is 0.195. The number of primary amides is 1. The van der Waals surface area contributed by atoms with Gasteiger partial charge in [0.15, 0.2) is 5.71 Å². The first-order chi connectivity index (χ1) is 16.1. The molecule has 2 aliphatic rings. The molecule has 2 aliphatic heterocycles. The van der Waals surface area contributed by atoms with Crippen LogP contribution < -0.4 is 15.8 Å². The topological polar surface area (TPSA) is 187 Å². The van der Waals surface area contributed by atoms with E-state index in [1.54, 1.807) is 0 Å². The minimum atomic E-state index is -1.21. The molecule has 0 aliphatic carbocycles. The molecule has 0 radical (unpaired) electrons. The molecule has 1 saturated heterocycles. The van der Waals surface area contributed by atoms with Gasteiger partial charge in [0.25, 0.3) is 11.8 Å². The highest BCUT2D eigenvalue weighted by Gasteiger charge is 2.53. The number of hydrogen-bond acceptors (Lipinski definition) is 10. The van der Waals surface area contributed by atoms with Crippen molar-refractivity contribution in [2.24, 2.45) is 10.9 Å². The van der Waals surface area contributed by atoms with Gasteiger partial charge in [0.1, 0.15) is 36.1 Å². The van der Waals surface area contributed by atoms with Crippen molar-refractivity contribution in [2.45, 2.75) is 23.6 Å². The van der Waals surface area contributed by atoms with Crippen LogP contribution in [0.1, 0.15) is 12.5 Å². The number of oxime groups is 1. The number of esters is 1. The van der Waals surface area contributed by atoms with E-state index in [4.69, 9.17) is 15.3 Å². The van der Waals surface area contributed by atoms with E-state index in [-0.39, 0.29) is 22.6 Å². The van der Waals surface area contributed by atoms with Crippen LogP contribution in [0.5, 0.6) is 5.75 Å². The van der Waals surface area contributed by atoms with E-state index >= 15 is 0 Å². The predicted octanol–water partition coefficient (Wildman–Crippen LogP) is -0.205. The summed E-state index contributed by atoms with van der Waals surface area (Å²) in [5.41, 5.74) is 5.16. The molecule has 0 saturated carbocycles. The summed E-state index contributed by atoms with van der Waals surface area (Å²) in [4.78, 5) is 65.3. The zero-order valence-electron chi connectivity index (χ0n) is 17.9. The van der Waals surface area contributed by atoms with Crippen molar-refractivity contribution in [1.29, 1.82) is 0 Å². The minimum absolute atomic E-state index is 0.162. The second kappa shape index (κ2) is 10.2. The molecule has 1 fully saturated rings. The third kappa shape index (κ3) is 5.28. The van der Waals surface area contributed by atoms with Crippen LogP contribution in [-0.2, 0) is 28.8 Å². The standard InChI is InChI=1S/C20H20N4O9S/c1-9(25)33-12-5-3-4-10(6-12)13(23-31-2)16(26)22-14-17(27)24-7-11(8-32-20(21)30)15(19(28)29)34-18(14)24/h3-7,14-15,18H,8H2,1-2H3,(H2,21,30)(H,22,26)(H,28,29)/t14?,15?,18-/m1/s1. The summed E-state index contributed by atoms with van der Waals surface area (Å²) in [7, 11) is 1.23. The number of nitrogens with zero attached hydrogens (tertiary/aromatic N) is 2. The number of carbonyl (C=O) groups excluding carboxylic acids is 4. The molecule has 0 spiro atoms. The Morgan fingerprint density at radius 2 is 2.03 bits per heavy atom. The van der Waals surface area contributed by atoms with Crippen molar-refractivity contribution >= 4 is 47.3 Å². The largest absolute Gasteiger partial charge is 0.480 e. The molecule has 1 aromatic carbocycles. The minimum Gasteiger partial charge on any atom is -0.480 e. The maximum absolute atomic E-state index is 12.9. The fourth-order valence-electron chi connectivity index (χ4n) is 3.26. The number of aliphatic carboxylic acids is 1. The number of nitrogens with one attached hydrogen (secondary N) is 1. The maximum atomic E-state index is 12.9. The van der Waals surface area contributed by atoms with Crippen LogP contribution in [0.3, 0.4) is 0 Å². The Bertz CT molecular complexity index is 1100. The number of carboxylic acids is 1. The Balaban J connectivity index is 1.78. The quantitative estimate of drug-likeness (QED) is 0.144. The third-order valence-corrected chi connectivity index (χ3v) is 6.21. The zero-order valence-corrected chi connectivity index (χ0v) is 18.7. The van der Waals surface area contributed by atoms with Crippen molar-refractivity contribution in [3.05, 3.63) is 41.6 Å². The fourth-order valence-corrected chi connectivity index (χ4v) is 4.59. The molecule has 34 heavy (non-hydrogen) atoms. The highest BCUT2D eigenvalue weighted by molar-refractivity contribution is 8.01. The Kier molecular flexibility index (Phi) is 7.40. The van der Waals surface area contributed by atoms with E-state index in [2.05, 4.69) is 15.2 Å². The number of thioether (sulfide) groups is 1. The first-order valence-electron chi connectivity index (χ1n) is 9.66. The van der Waals surface area contributed by atoms with E-state index < -0.39 is 53.1 Å². The van der Waals surface area contributed by atoms with Crippen LogP contribution in [0.25, 0.3) is 0 Å². The Morgan fingerprint density at radius 1 is 1.29 bits per heavy atom. The number of β-lactam (4-membered cyclic amide) rings is 1. The summed E-state index contributed by atoms with van der Waals surface area (Å²) in [5, 5.41) is 13.9. The number of fused-ring (bicyclic) bond motifs is 1. The van der Waals surface area contributed by atoms with E-state index in [0.717, 1.165) is 11.8 Å². The first kappa shape index (κ1) is 24.6. The van der Waals surface area contributed by atoms with Gasteiger partial charge in [-0.2, -0.15) is 0 Å². The number of carbonyl (C=O) groups is 5. The van der Waals surface area contributed by atoms with Crippen molar-refractivity contribution in [3.8, 4) is 5.75 Å². The normalized spacial score (nSPS) is 21.4. The fraction of sp³-hybridized carbons (Fsp3) is 0.300. The Morgan fingerprint density at radius 3 is 2.65 bits per heavy atom. The molecule has 14 heteroatoms. The van der Waals surface area contributed by atoms with Gasteiger partial charge in [-0.25, -0.2) is 4.79 Å². The molecule has 180 valence electrons. The molecule has 3 atom stereocenters. The van der Waals surface area contributed by atoms with E-state index in [1.165, 1.54) is 49.4 Å². The summed E-state index contributed by atoms with van der Waals surface area (Å²) in [5.74, 6) is -2.86. The highest BCUT2D eigenvalue weighted by Crippen LogP contribution is 2.40. The van der Waals surface area contributed by atoms with Crippen molar-refractivity contribution in [1.82, 2.24) is 10.2 Å². The van der Waals surface area contributed by atoms with Gasteiger partial charge >= 0.3 is 18.0 Å². The summed E-state index contributed by atoms with van der Waals surface area (Å²) in [6.45, 7) is 0.833. The number of nitrogens with two attached hydrogens (primary N) is 1. The zero-order chi connectivity index (χ0) is 25.0. The van der Waals surface area contributed by atoms with E-state index in [9.17, 15) is 29.1 Å². The summed E-state index contributed by atoms with van der Waals surface area (Å²) in [6, 6.07) is 4.93. The smallest absolute Gasteiger partial charge is 0.404 e. The number of hydrogen-bond donors (Lipinski definition) is 3. The molecule has 13 nitrogen and oxygen atoms in total. The van der Waals surface area contributed by atoms with Crippen LogP contribution in [0, 0.1) is 0 Å². The molecule has 3 rings (SSSR count). The maximum Gasteiger partial charge on any atom is 0.404 e. The van der Waals surface area contributed by atoms with E-state index in [0.29, 0.717) is 0 Å². The number of ether oxygens (including phenoxy) is 2. The van der Waals surface area contributed by atoms with Crippen LogP contribution in [0.2, 0.25) is 0 Å². The molecule has 1 aromatic rings. The predicted molar refractivity (Wildman–Crippen MR) is 116 cm³/mol. The van der Waals surface area contributed by atoms with Crippen molar-refractivity contribution < 1.29 is 43.4 Å². The molecule has 3 amide bonds. The van der Waals surface area contributed by atoms with Crippen LogP contribution >= 0.6 is 11.8 Å². The lowest BCUT2D eigenvalue weighted by atomic mass is 10.0. The van der Waals surface area contributed by atoms with Crippen LogP contribution in [0.4, 0.5) is 4.79 Å². The molecular weight excluding hydrogens is 472 g/mol. The van der Waals surface area contributed by atoms with Gasteiger partial charge in [-0.3, -0.25) is 19.2 Å². The summed E-state index contributed by atoms with van der Waals surface area (Å²) >= 11 is 0.895. The average Bonchev–Trinajstić information content (AvgIpc) is 2.78. The molecule has 2 unspecified atom stereocenters. The molecule has 0 aromatic heterocycles. The van der Waals surface area contributed by atoms with Gasteiger partial charge in [0.05, 0.1) is 0 Å². The number of carboxylic acid groups (broad SMARTS) is 1. The Labute approximate surface area is 196 Å². The second-order valence-corrected chi connectivity index (χ2v) is 8.22. The van der Waals surface area contributed by atoms with Gasteiger partial charge in [-0.1, -0.05) is 17.3 Å². The van der Waals surface area contributed by atoms with Crippen molar-refractivity contribution in [2.75, 3.05) is 13.7 Å². The van der Waals surface area contributed by atoms with Crippen molar-refractivity contribution in [3.63, 3.8) is 0 Å². The second-order valence-electron chi connectivity index (χ2n) is 7.00. The average molecular weight is 492 g/mol. The van der Waals surface area contributed by atoms with E-state index in [1.807, 2.05) is 0 Å². The Hall–Kier alpha value is -4.07. The van der Waals surface area contributed by atoms with Gasteiger partial charge in [0.2, 0.25) is 0 Å². The number of benzene rings is 1. The van der Waals surface area contributed by atoms with Gasteiger partial charge in [-0.05, 0) is 12.1 Å². The molecule has 0 bridgehead atoms. The lowest BCUT2D eigenvalue weighted by molar-refractivity contribution is -0.144. The van der Waals surface area contributed by atoms with Gasteiger partial charge in [-0.15, -0.1) is 11.8 Å². The van der Waals surface area contributed by atoms with Gasteiger partial charge < -0.3 is 35.4 Å². The first-order valence-corrected chi connectivity index (χ1v) is 10.6. The lowest BCUT2D eigenvalue weighted by Gasteiger charge is -2.48. The molecular formula is C20H20N4O9S. The SMILES string of the molecule is CON=C(C(=O)NC1C(=O)N2C=C(COC(N)=O)C(C(=O)O)S[C@H]12)c1cccc(OC(C)=O)c1. The molecule has 2 heterocycles. The third-order valence-electron chi connectivity index (χ3n) is 4.66. The molecule has 4 N–H and O–H groups in total.